The van der Waals surface area contributed by atoms with Gasteiger partial charge in [-0.2, -0.15) is 0 Å². The van der Waals surface area contributed by atoms with Gasteiger partial charge < -0.3 is 15.8 Å². The molecule has 0 bridgehead atoms. The van der Waals surface area contributed by atoms with E-state index in [4.69, 9.17) is 27.7 Å². The first-order valence-corrected chi connectivity index (χ1v) is 8.62. The van der Waals surface area contributed by atoms with Crippen molar-refractivity contribution >= 4 is 39.4 Å². The van der Waals surface area contributed by atoms with E-state index in [0.29, 0.717) is 22.1 Å². The van der Waals surface area contributed by atoms with Gasteiger partial charge in [-0.3, -0.25) is 5.41 Å². The molecule has 0 atom stereocenters. The largest absolute Gasteiger partial charge is 0.506 e. The molecule has 0 fully saturated rings. The van der Waals surface area contributed by atoms with Crippen LogP contribution in [0.1, 0.15) is 5.56 Å². The lowest BCUT2D eigenvalue weighted by Crippen LogP contribution is -2.13. The summed E-state index contributed by atoms with van der Waals surface area (Å²) in [6.07, 6.45) is 1.79. The number of hydrogen-bond acceptors (Lipinski definition) is 3. The molecule has 0 saturated carbocycles. The Morgan fingerprint density at radius 2 is 2.00 bits per heavy atom. The Labute approximate surface area is 159 Å². The molecule has 0 saturated heterocycles. The second-order valence-electron chi connectivity index (χ2n) is 6.21. The summed E-state index contributed by atoms with van der Waals surface area (Å²) in [6.45, 7) is 1.79. The Morgan fingerprint density at radius 3 is 2.74 bits per heavy atom. The third-order valence-electron chi connectivity index (χ3n) is 4.39. The SMILES string of the molecule is Cc1cc(-c2nc3ccccc3/c(=N/C(=N)N)c3[nH]ccc23)cc(Cl)c1O. The van der Waals surface area contributed by atoms with E-state index in [1.165, 1.54) is 0 Å². The lowest BCUT2D eigenvalue weighted by molar-refractivity contribution is 0.471. The lowest BCUT2D eigenvalue weighted by atomic mass is 10.1. The summed E-state index contributed by atoms with van der Waals surface area (Å²) in [4.78, 5) is 12.3. The van der Waals surface area contributed by atoms with Crippen LogP contribution in [0, 0.1) is 12.3 Å². The van der Waals surface area contributed by atoms with E-state index in [9.17, 15) is 5.11 Å². The molecule has 0 unspecified atom stereocenters. The molecule has 2 aromatic carbocycles. The van der Waals surface area contributed by atoms with Crippen LogP contribution in [0.3, 0.4) is 0 Å². The number of H-pyrrole nitrogens is 1. The number of fused-ring (bicyclic) bond motifs is 2. The van der Waals surface area contributed by atoms with Gasteiger partial charge in [-0.05, 0) is 36.8 Å². The summed E-state index contributed by atoms with van der Waals surface area (Å²) < 4.78 is 0. The third-order valence-corrected chi connectivity index (χ3v) is 4.68. The molecule has 0 aliphatic heterocycles. The van der Waals surface area contributed by atoms with E-state index >= 15 is 0 Å². The Hall–Kier alpha value is -3.38. The normalized spacial score (nSPS) is 12.0. The molecule has 134 valence electrons. The zero-order chi connectivity index (χ0) is 19.1. The van der Waals surface area contributed by atoms with Crippen LogP contribution in [-0.2, 0) is 0 Å². The highest BCUT2D eigenvalue weighted by molar-refractivity contribution is 6.32. The number of halogens is 1. The van der Waals surface area contributed by atoms with Gasteiger partial charge in [0.1, 0.15) is 11.1 Å². The first-order chi connectivity index (χ1) is 13.0. The summed E-state index contributed by atoms with van der Waals surface area (Å²) in [5.41, 5.74) is 9.11. The monoisotopic (exact) mass is 377 g/mol. The van der Waals surface area contributed by atoms with E-state index in [1.807, 2.05) is 36.4 Å². The van der Waals surface area contributed by atoms with Gasteiger partial charge >= 0.3 is 0 Å². The second-order valence-corrected chi connectivity index (χ2v) is 6.62. The number of nitrogens with two attached hydrogens (primary N) is 1. The molecule has 0 aliphatic carbocycles. The number of benzene rings is 2. The molecule has 0 spiro atoms. The van der Waals surface area contributed by atoms with Crippen LogP contribution in [-0.4, -0.2) is 21.0 Å². The van der Waals surface area contributed by atoms with Crippen molar-refractivity contribution in [2.24, 2.45) is 10.7 Å². The first-order valence-electron chi connectivity index (χ1n) is 8.24. The van der Waals surface area contributed by atoms with E-state index in [1.54, 1.807) is 19.2 Å². The van der Waals surface area contributed by atoms with Gasteiger partial charge in [-0.15, -0.1) is 0 Å². The summed E-state index contributed by atoms with van der Waals surface area (Å²) in [7, 11) is 0. The van der Waals surface area contributed by atoms with Gasteiger partial charge in [0.05, 0.1) is 21.7 Å². The van der Waals surface area contributed by atoms with Crippen LogP contribution < -0.4 is 11.1 Å². The predicted octanol–water partition coefficient (Wildman–Crippen LogP) is 3.84. The molecule has 7 heteroatoms. The first kappa shape index (κ1) is 17.1. The van der Waals surface area contributed by atoms with Crippen molar-refractivity contribution in [2.45, 2.75) is 6.92 Å². The molecule has 0 radical (unpaired) electrons. The Kier molecular flexibility index (Phi) is 4.05. The Balaban J connectivity index is 2.24. The number of aryl methyl sites for hydroxylation is 1. The van der Waals surface area contributed by atoms with Crippen molar-refractivity contribution < 1.29 is 5.11 Å². The smallest absolute Gasteiger partial charge is 0.213 e. The highest BCUT2D eigenvalue weighted by Gasteiger charge is 2.13. The van der Waals surface area contributed by atoms with Crippen molar-refractivity contribution in [2.75, 3.05) is 0 Å². The van der Waals surface area contributed by atoms with Crippen LogP contribution in [0.25, 0.3) is 33.1 Å². The number of nitrogens with zero attached hydrogens (tertiary/aromatic N) is 2. The Bertz CT molecular complexity index is 1270. The fourth-order valence-electron chi connectivity index (χ4n) is 3.18. The predicted molar refractivity (Wildman–Crippen MR) is 108 cm³/mol. The van der Waals surface area contributed by atoms with E-state index in [-0.39, 0.29) is 16.7 Å². The van der Waals surface area contributed by atoms with Gasteiger partial charge in [0.25, 0.3) is 0 Å². The average molecular weight is 378 g/mol. The van der Waals surface area contributed by atoms with E-state index in [0.717, 1.165) is 21.9 Å². The van der Waals surface area contributed by atoms with Gasteiger partial charge in [0.2, 0.25) is 5.96 Å². The van der Waals surface area contributed by atoms with E-state index in [2.05, 4.69) is 9.98 Å². The van der Waals surface area contributed by atoms with Gasteiger partial charge in [-0.25, -0.2) is 9.98 Å². The molecule has 0 aliphatic rings. The standard InChI is InChI=1S/C20H16ClN5O/c1-10-8-11(9-14(21)19(10)27)16-13-6-7-24-17(13)18(26-20(22)23)12-4-2-3-5-15(12)25-16/h2-9,24,27H,1H3,(H3,22,23)/b26-18-. The van der Waals surface area contributed by atoms with E-state index < -0.39 is 0 Å². The highest BCUT2D eigenvalue weighted by Crippen LogP contribution is 2.34. The quantitative estimate of drug-likeness (QED) is 0.298. The van der Waals surface area contributed by atoms with Crippen molar-refractivity contribution in [3.8, 4) is 17.0 Å². The summed E-state index contributed by atoms with van der Waals surface area (Å²) in [5.74, 6) is -0.226. The molecule has 4 rings (SSSR count). The van der Waals surface area contributed by atoms with Gasteiger partial charge in [0, 0.05) is 22.5 Å². The third kappa shape index (κ3) is 2.90. The summed E-state index contributed by atoms with van der Waals surface area (Å²) in [5, 5.41) is 20.0. The molecule has 5 N–H and O–H groups in total. The number of para-hydroxylation sites is 1. The average Bonchev–Trinajstić information content (AvgIpc) is 3.07. The maximum absolute atomic E-state index is 10.0. The van der Waals surface area contributed by atoms with Gasteiger partial charge in [-0.1, -0.05) is 29.8 Å². The topological polar surface area (TPSA) is 111 Å². The molecule has 27 heavy (non-hydrogen) atoms. The lowest BCUT2D eigenvalue weighted by Gasteiger charge is -2.06. The molecule has 4 aromatic rings. The number of rotatable bonds is 1. The molecular formula is C20H16ClN5O. The number of hydrogen-bond donors (Lipinski definition) is 4. The fraction of sp³-hybridized carbons (Fsp3) is 0.0500. The van der Waals surface area contributed by atoms with Crippen molar-refractivity contribution in [3.63, 3.8) is 0 Å². The Morgan fingerprint density at radius 1 is 1.22 bits per heavy atom. The minimum absolute atomic E-state index is 0.0585. The molecule has 2 aromatic heterocycles. The zero-order valence-corrected chi connectivity index (χ0v) is 15.2. The summed E-state index contributed by atoms with van der Waals surface area (Å²) in [6, 6.07) is 13.0. The number of aromatic amines is 1. The van der Waals surface area contributed by atoms with Crippen molar-refractivity contribution in [1.82, 2.24) is 9.97 Å². The number of phenolic OH excluding ortho intramolecular Hbond substituents is 1. The highest BCUT2D eigenvalue weighted by atomic mass is 35.5. The number of phenols is 1. The number of nitrogens with one attached hydrogen (secondary N) is 2. The maximum Gasteiger partial charge on any atom is 0.213 e. The fourth-order valence-corrected chi connectivity index (χ4v) is 3.45. The minimum Gasteiger partial charge on any atom is -0.506 e. The zero-order valence-electron chi connectivity index (χ0n) is 14.4. The van der Waals surface area contributed by atoms with Crippen molar-refractivity contribution in [3.05, 3.63) is 64.6 Å². The van der Waals surface area contributed by atoms with Crippen molar-refractivity contribution in [1.29, 1.82) is 5.41 Å². The van der Waals surface area contributed by atoms with Crippen LogP contribution in [0.2, 0.25) is 5.02 Å². The van der Waals surface area contributed by atoms with Gasteiger partial charge in [0.15, 0.2) is 0 Å². The summed E-state index contributed by atoms with van der Waals surface area (Å²) >= 11 is 6.20. The minimum atomic E-state index is -0.285. The van der Waals surface area contributed by atoms with Crippen LogP contribution in [0.4, 0.5) is 0 Å². The number of aromatic hydroxyl groups is 1. The molecule has 2 heterocycles. The molecule has 6 nitrogen and oxygen atoms in total. The maximum atomic E-state index is 10.0. The number of aromatic nitrogens is 2. The van der Waals surface area contributed by atoms with Crippen LogP contribution in [0.5, 0.6) is 5.75 Å². The molecule has 0 amide bonds. The molecular weight excluding hydrogens is 362 g/mol. The van der Waals surface area contributed by atoms with Crippen LogP contribution >= 0.6 is 11.6 Å². The van der Waals surface area contributed by atoms with Crippen LogP contribution in [0.15, 0.2) is 53.7 Å². The number of guanidine groups is 1. The second kappa shape index (κ2) is 6.41.